The monoisotopic (exact) mass is 300 g/mol. The first-order valence-electron chi connectivity index (χ1n) is 8.08. The van der Waals surface area contributed by atoms with Gasteiger partial charge in [0, 0.05) is 18.2 Å². The molecule has 3 aliphatic rings. The quantitative estimate of drug-likeness (QED) is 0.939. The molecule has 3 saturated heterocycles. The third kappa shape index (κ3) is 2.81. The smallest absolute Gasteiger partial charge is 0.134 e. The van der Waals surface area contributed by atoms with E-state index in [9.17, 15) is 4.39 Å². The van der Waals surface area contributed by atoms with Crippen LogP contribution in [0.1, 0.15) is 18.6 Å². The van der Waals surface area contributed by atoms with E-state index in [4.69, 9.17) is 4.42 Å². The molecule has 1 atom stereocenters. The average Bonchev–Trinajstić information content (AvgIpc) is 3.04. The van der Waals surface area contributed by atoms with E-state index in [1.54, 1.807) is 12.1 Å². The molecule has 3 fully saturated rings. The summed E-state index contributed by atoms with van der Waals surface area (Å²) < 4.78 is 18.8. The van der Waals surface area contributed by atoms with Gasteiger partial charge in [0.25, 0.3) is 0 Å². The van der Waals surface area contributed by atoms with Crippen molar-refractivity contribution in [1.82, 2.24) is 10.2 Å². The van der Waals surface area contributed by atoms with Crippen LogP contribution in [0, 0.1) is 11.7 Å². The molecule has 0 amide bonds. The SMILES string of the molecule is Fc1ccc(-c2ccc(CN[C@H]3CN4CCC3CC4)o2)cc1. The number of nitrogens with zero attached hydrogens (tertiary/aromatic N) is 1. The number of halogens is 1. The minimum Gasteiger partial charge on any atom is -0.460 e. The molecule has 2 bridgehead atoms. The Kier molecular flexibility index (Phi) is 3.72. The zero-order valence-electron chi connectivity index (χ0n) is 12.6. The summed E-state index contributed by atoms with van der Waals surface area (Å²) in [5.74, 6) is 2.33. The Morgan fingerprint density at radius 1 is 1.09 bits per heavy atom. The molecular weight excluding hydrogens is 279 g/mol. The molecule has 22 heavy (non-hydrogen) atoms. The van der Waals surface area contributed by atoms with Gasteiger partial charge in [-0.05, 0) is 68.2 Å². The number of furan rings is 1. The van der Waals surface area contributed by atoms with Gasteiger partial charge >= 0.3 is 0 Å². The summed E-state index contributed by atoms with van der Waals surface area (Å²) >= 11 is 0. The highest BCUT2D eigenvalue weighted by molar-refractivity contribution is 5.57. The first-order chi connectivity index (χ1) is 10.8. The Bertz CT molecular complexity index is 629. The van der Waals surface area contributed by atoms with Crippen LogP contribution in [0.15, 0.2) is 40.8 Å². The maximum atomic E-state index is 13.0. The molecule has 1 aromatic carbocycles. The first kappa shape index (κ1) is 14.0. The lowest BCUT2D eigenvalue weighted by molar-refractivity contribution is 0.0711. The van der Waals surface area contributed by atoms with Gasteiger partial charge in [-0.15, -0.1) is 0 Å². The fourth-order valence-corrected chi connectivity index (χ4v) is 3.67. The number of benzene rings is 1. The Balaban J connectivity index is 1.39. The Labute approximate surface area is 130 Å². The van der Waals surface area contributed by atoms with Crippen molar-refractivity contribution in [2.24, 2.45) is 5.92 Å². The number of piperidine rings is 3. The summed E-state index contributed by atoms with van der Waals surface area (Å²) in [6.45, 7) is 4.45. The van der Waals surface area contributed by atoms with Gasteiger partial charge in [-0.25, -0.2) is 4.39 Å². The molecule has 0 spiro atoms. The van der Waals surface area contributed by atoms with Crippen molar-refractivity contribution in [3.8, 4) is 11.3 Å². The van der Waals surface area contributed by atoms with Crippen molar-refractivity contribution in [3.05, 3.63) is 48.0 Å². The predicted octanol–water partition coefficient (Wildman–Crippen LogP) is 3.27. The minimum absolute atomic E-state index is 0.223. The third-order valence-corrected chi connectivity index (χ3v) is 4.99. The van der Waals surface area contributed by atoms with Gasteiger partial charge < -0.3 is 14.6 Å². The summed E-state index contributed by atoms with van der Waals surface area (Å²) in [7, 11) is 0. The van der Waals surface area contributed by atoms with Crippen LogP contribution in [-0.2, 0) is 6.54 Å². The lowest BCUT2D eigenvalue weighted by Gasteiger charge is -2.45. The average molecular weight is 300 g/mol. The Hall–Kier alpha value is -1.65. The van der Waals surface area contributed by atoms with Crippen LogP contribution in [0.5, 0.6) is 0 Å². The van der Waals surface area contributed by atoms with E-state index in [1.165, 1.54) is 38.1 Å². The van der Waals surface area contributed by atoms with Gasteiger partial charge in [0.2, 0.25) is 0 Å². The molecule has 116 valence electrons. The second-order valence-corrected chi connectivity index (χ2v) is 6.40. The van der Waals surface area contributed by atoms with Crippen molar-refractivity contribution < 1.29 is 8.81 Å². The minimum atomic E-state index is -0.223. The van der Waals surface area contributed by atoms with Gasteiger partial charge in [-0.1, -0.05) is 0 Å². The fourth-order valence-electron chi connectivity index (χ4n) is 3.67. The van der Waals surface area contributed by atoms with E-state index < -0.39 is 0 Å². The van der Waals surface area contributed by atoms with Crippen LogP contribution in [0.2, 0.25) is 0 Å². The van der Waals surface area contributed by atoms with E-state index in [1.807, 2.05) is 12.1 Å². The highest BCUT2D eigenvalue weighted by atomic mass is 19.1. The highest BCUT2D eigenvalue weighted by Crippen LogP contribution is 2.28. The van der Waals surface area contributed by atoms with Gasteiger partial charge in [-0.2, -0.15) is 0 Å². The van der Waals surface area contributed by atoms with Crippen LogP contribution < -0.4 is 5.32 Å². The van der Waals surface area contributed by atoms with E-state index in [0.29, 0.717) is 6.04 Å². The Morgan fingerprint density at radius 2 is 1.86 bits per heavy atom. The van der Waals surface area contributed by atoms with Gasteiger partial charge in [-0.3, -0.25) is 0 Å². The number of rotatable bonds is 4. The largest absolute Gasteiger partial charge is 0.460 e. The standard InChI is InChI=1S/C18H21FN2O/c19-15-3-1-14(2-4-15)18-6-5-16(22-18)11-20-17-12-21-9-7-13(17)8-10-21/h1-6,13,17,20H,7-12H2/t17-/m0/s1. The number of hydrogen-bond acceptors (Lipinski definition) is 3. The molecule has 3 nitrogen and oxygen atoms in total. The van der Waals surface area contributed by atoms with E-state index in [2.05, 4.69) is 10.2 Å². The summed E-state index contributed by atoms with van der Waals surface area (Å²) in [5, 5.41) is 3.65. The molecule has 0 saturated carbocycles. The molecule has 2 aromatic rings. The zero-order chi connectivity index (χ0) is 14.9. The molecule has 0 aliphatic carbocycles. The van der Waals surface area contributed by atoms with Crippen LogP contribution in [0.4, 0.5) is 4.39 Å². The maximum Gasteiger partial charge on any atom is 0.134 e. The molecule has 3 aliphatic heterocycles. The van der Waals surface area contributed by atoms with Crippen molar-refractivity contribution in [1.29, 1.82) is 0 Å². The van der Waals surface area contributed by atoms with Crippen molar-refractivity contribution in [3.63, 3.8) is 0 Å². The molecule has 1 aromatic heterocycles. The summed E-state index contributed by atoms with van der Waals surface area (Å²) in [4.78, 5) is 2.55. The van der Waals surface area contributed by atoms with E-state index >= 15 is 0 Å². The second-order valence-electron chi connectivity index (χ2n) is 6.40. The lowest BCUT2D eigenvalue weighted by atomic mass is 9.84. The van der Waals surface area contributed by atoms with Crippen LogP contribution in [0.25, 0.3) is 11.3 Å². The lowest BCUT2D eigenvalue weighted by Crippen LogP contribution is -2.55. The molecule has 4 heterocycles. The summed E-state index contributed by atoms with van der Waals surface area (Å²) in [6.07, 6.45) is 2.63. The topological polar surface area (TPSA) is 28.4 Å². The summed E-state index contributed by atoms with van der Waals surface area (Å²) in [6, 6.07) is 11.0. The molecular formula is C18H21FN2O. The second kappa shape index (κ2) is 5.86. The normalized spacial score (nSPS) is 27.2. The number of nitrogens with one attached hydrogen (secondary N) is 1. The van der Waals surface area contributed by atoms with Gasteiger partial charge in [0.05, 0.1) is 6.54 Å². The van der Waals surface area contributed by atoms with Gasteiger partial charge in [0.15, 0.2) is 0 Å². The predicted molar refractivity (Wildman–Crippen MR) is 83.9 cm³/mol. The molecule has 0 unspecified atom stereocenters. The number of fused-ring (bicyclic) bond motifs is 3. The summed E-state index contributed by atoms with van der Waals surface area (Å²) in [5.41, 5.74) is 0.912. The Morgan fingerprint density at radius 3 is 2.55 bits per heavy atom. The molecule has 5 rings (SSSR count). The van der Waals surface area contributed by atoms with Crippen molar-refractivity contribution in [2.45, 2.75) is 25.4 Å². The van der Waals surface area contributed by atoms with Crippen LogP contribution in [0.3, 0.4) is 0 Å². The molecule has 0 radical (unpaired) electrons. The molecule has 1 N–H and O–H groups in total. The fraction of sp³-hybridized carbons (Fsp3) is 0.444. The van der Waals surface area contributed by atoms with Crippen LogP contribution in [-0.4, -0.2) is 30.6 Å². The van der Waals surface area contributed by atoms with Crippen molar-refractivity contribution >= 4 is 0 Å². The van der Waals surface area contributed by atoms with E-state index in [-0.39, 0.29) is 5.82 Å². The van der Waals surface area contributed by atoms with E-state index in [0.717, 1.165) is 36.1 Å². The van der Waals surface area contributed by atoms with Crippen LogP contribution >= 0.6 is 0 Å². The highest BCUT2D eigenvalue weighted by Gasteiger charge is 2.33. The molecule has 4 heteroatoms. The van der Waals surface area contributed by atoms with Gasteiger partial charge in [0.1, 0.15) is 17.3 Å². The zero-order valence-corrected chi connectivity index (χ0v) is 12.6. The number of hydrogen-bond donors (Lipinski definition) is 1. The maximum absolute atomic E-state index is 13.0. The first-order valence-corrected chi connectivity index (χ1v) is 8.08. The van der Waals surface area contributed by atoms with Crippen molar-refractivity contribution in [2.75, 3.05) is 19.6 Å². The third-order valence-electron chi connectivity index (χ3n) is 4.99.